The molecule has 0 unspecified atom stereocenters. The number of ether oxygens (including phenoxy) is 1. The van der Waals surface area contributed by atoms with Crippen molar-refractivity contribution < 1.29 is 13.5 Å². The highest BCUT2D eigenvalue weighted by molar-refractivity contribution is 4.69. The Morgan fingerprint density at radius 2 is 1.92 bits per heavy atom. The van der Waals surface area contributed by atoms with Gasteiger partial charge in [0.25, 0.3) is 6.43 Å². The molecule has 0 aliphatic heterocycles. The van der Waals surface area contributed by atoms with E-state index in [1.807, 2.05) is 20.8 Å². The Morgan fingerprint density at radius 3 is 2.33 bits per heavy atom. The van der Waals surface area contributed by atoms with E-state index in [4.69, 9.17) is 0 Å². The molecule has 0 saturated heterocycles. The first-order valence-electron chi connectivity index (χ1n) is 4.03. The van der Waals surface area contributed by atoms with Crippen LogP contribution < -0.4 is 5.32 Å². The van der Waals surface area contributed by atoms with Gasteiger partial charge >= 0.3 is 0 Å². The van der Waals surface area contributed by atoms with Crippen molar-refractivity contribution in [2.24, 2.45) is 0 Å². The highest BCUT2D eigenvalue weighted by Gasteiger charge is 2.07. The summed E-state index contributed by atoms with van der Waals surface area (Å²) >= 11 is 0. The van der Waals surface area contributed by atoms with E-state index < -0.39 is 13.0 Å². The minimum Gasteiger partial charge on any atom is -0.374 e. The first-order valence-corrected chi connectivity index (χ1v) is 4.03. The Balaban J connectivity index is 3.12. The van der Waals surface area contributed by atoms with Gasteiger partial charge in [0.15, 0.2) is 0 Å². The maximum absolute atomic E-state index is 11.6. The second-order valence-corrected chi connectivity index (χ2v) is 3.64. The van der Waals surface area contributed by atoms with Crippen molar-refractivity contribution in [1.82, 2.24) is 5.32 Å². The molecule has 0 heterocycles. The van der Waals surface area contributed by atoms with Gasteiger partial charge in [-0.25, -0.2) is 8.78 Å². The number of alkyl halides is 2. The van der Waals surface area contributed by atoms with Gasteiger partial charge in [0.2, 0.25) is 0 Å². The maximum Gasteiger partial charge on any atom is 0.261 e. The Bertz CT molecular complexity index is 112. The molecule has 0 aliphatic carbocycles. The number of rotatable bonds is 5. The molecule has 0 radical (unpaired) electrons. The highest BCUT2D eigenvalue weighted by Crippen LogP contribution is 1.97. The first kappa shape index (κ1) is 11.8. The van der Waals surface area contributed by atoms with Crippen molar-refractivity contribution in [2.45, 2.75) is 32.7 Å². The van der Waals surface area contributed by atoms with Gasteiger partial charge in [-0.05, 0) is 20.8 Å². The lowest BCUT2D eigenvalue weighted by atomic mass is 10.1. The van der Waals surface area contributed by atoms with Crippen molar-refractivity contribution >= 4 is 0 Å². The monoisotopic (exact) mass is 181 g/mol. The summed E-state index contributed by atoms with van der Waals surface area (Å²) < 4.78 is 27.8. The number of nitrogens with one attached hydrogen (secondary N) is 1. The van der Waals surface area contributed by atoms with Crippen molar-refractivity contribution in [2.75, 3.05) is 19.8 Å². The highest BCUT2D eigenvalue weighted by atomic mass is 19.3. The van der Waals surface area contributed by atoms with Gasteiger partial charge in [-0.15, -0.1) is 0 Å². The molecule has 0 fully saturated rings. The topological polar surface area (TPSA) is 21.3 Å². The molecule has 1 N–H and O–H groups in total. The van der Waals surface area contributed by atoms with Crippen molar-refractivity contribution in [3.8, 4) is 0 Å². The molecule has 0 atom stereocenters. The molecule has 2 nitrogen and oxygen atoms in total. The molecule has 0 rings (SSSR count). The second kappa shape index (κ2) is 5.43. The van der Waals surface area contributed by atoms with Crippen LogP contribution in [0.5, 0.6) is 0 Å². The Kier molecular flexibility index (Phi) is 5.33. The van der Waals surface area contributed by atoms with Crippen LogP contribution in [0.4, 0.5) is 8.78 Å². The van der Waals surface area contributed by atoms with Crippen LogP contribution in [0.2, 0.25) is 0 Å². The fourth-order valence-corrected chi connectivity index (χ4v) is 0.671. The average molecular weight is 181 g/mol. The molecule has 4 heteroatoms. The SMILES string of the molecule is CC(C)(C)NCCOCC(F)F. The molecule has 0 bridgehead atoms. The van der Waals surface area contributed by atoms with E-state index in [9.17, 15) is 8.78 Å². The normalized spacial score (nSPS) is 12.5. The van der Waals surface area contributed by atoms with Crippen molar-refractivity contribution in [3.63, 3.8) is 0 Å². The Hall–Kier alpha value is -0.220. The van der Waals surface area contributed by atoms with Gasteiger partial charge in [-0.3, -0.25) is 0 Å². The largest absolute Gasteiger partial charge is 0.374 e. The summed E-state index contributed by atoms with van der Waals surface area (Å²) in [4.78, 5) is 0. The molecule has 0 aromatic heterocycles. The van der Waals surface area contributed by atoms with Crippen molar-refractivity contribution in [3.05, 3.63) is 0 Å². The maximum atomic E-state index is 11.6. The third-order valence-corrected chi connectivity index (χ3v) is 1.15. The molecule has 0 aromatic carbocycles. The van der Waals surface area contributed by atoms with Gasteiger partial charge in [-0.1, -0.05) is 0 Å². The summed E-state index contributed by atoms with van der Waals surface area (Å²) in [7, 11) is 0. The van der Waals surface area contributed by atoms with E-state index in [1.165, 1.54) is 0 Å². The van der Waals surface area contributed by atoms with Crippen LogP contribution in [-0.2, 0) is 4.74 Å². The van der Waals surface area contributed by atoms with E-state index in [0.29, 0.717) is 13.2 Å². The molecule has 0 saturated carbocycles. The Morgan fingerprint density at radius 1 is 1.33 bits per heavy atom. The second-order valence-electron chi connectivity index (χ2n) is 3.64. The van der Waals surface area contributed by atoms with E-state index in [-0.39, 0.29) is 5.54 Å². The summed E-state index contributed by atoms with van der Waals surface area (Å²) in [5.74, 6) is 0. The van der Waals surface area contributed by atoms with E-state index in [2.05, 4.69) is 10.1 Å². The zero-order chi connectivity index (χ0) is 9.61. The summed E-state index contributed by atoms with van der Waals surface area (Å²) in [5.41, 5.74) is 0.0220. The standard InChI is InChI=1S/C8H17F2NO/c1-8(2,3)11-4-5-12-6-7(9)10/h7,11H,4-6H2,1-3H3. The number of hydrogen-bond acceptors (Lipinski definition) is 2. The summed E-state index contributed by atoms with van der Waals surface area (Å²) in [6.07, 6.45) is -2.36. The molecule has 12 heavy (non-hydrogen) atoms. The minimum atomic E-state index is -2.36. The molecule has 0 spiro atoms. The average Bonchev–Trinajstić information content (AvgIpc) is 1.83. The van der Waals surface area contributed by atoms with Crippen LogP contribution in [-0.4, -0.2) is 31.7 Å². The van der Waals surface area contributed by atoms with Gasteiger partial charge in [0.05, 0.1) is 6.61 Å². The predicted molar refractivity (Wildman–Crippen MR) is 44.6 cm³/mol. The van der Waals surface area contributed by atoms with Gasteiger partial charge in [-0.2, -0.15) is 0 Å². The Labute approximate surface area is 72.3 Å². The summed E-state index contributed by atoms with van der Waals surface area (Å²) in [6, 6.07) is 0. The van der Waals surface area contributed by atoms with Crippen molar-refractivity contribution in [1.29, 1.82) is 0 Å². The van der Waals surface area contributed by atoms with Crippen LogP contribution in [0.3, 0.4) is 0 Å². The van der Waals surface area contributed by atoms with Gasteiger partial charge in [0, 0.05) is 12.1 Å². The zero-order valence-electron chi connectivity index (χ0n) is 7.86. The van der Waals surface area contributed by atoms with Crippen LogP contribution >= 0.6 is 0 Å². The van der Waals surface area contributed by atoms with Crippen LogP contribution in [0.1, 0.15) is 20.8 Å². The molecule has 74 valence electrons. The van der Waals surface area contributed by atoms with Gasteiger partial charge < -0.3 is 10.1 Å². The van der Waals surface area contributed by atoms with E-state index >= 15 is 0 Å². The molecule has 0 amide bonds. The lowest BCUT2D eigenvalue weighted by Crippen LogP contribution is -2.38. The smallest absolute Gasteiger partial charge is 0.261 e. The zero-order valence-corrected chi connectivity index (χ0v) is 7.86. The van der Waals surface area contributed by atoms with E-state index in [1.54, 1.807) is 0 Å². The quantitative estimate of drug-likeness (QED) is 0.651. The lowest BCUT2D eigenvalue weighted by Gasteiger charge is -2.20. The molecular formula is C8H17F2NO. The third-order valence-electron chi connectivity index (χ3n) is 1.15. The third kappa shape index (κ3) is 9.78. The summed E-state index contributed by atoms with van der Waals surface area (Å²) in [5, 5.41) is 3.13. The fraction of sp³-hybridized carbons (Fsp3) is 1.00. The first-order chi connectivity index (χ1) is 5.42. The number of halogens is 2. The number of hydrogen-bond donors (Lipinski definition) is 1. The van der Waals surface area contributed by atoms with Crippen LogP contribution in [0.15, 0.2) is 0 Å². The summed E-state index contributed by atoms with van der Waals surface area (Å²) in [6.45, 7) is 6.52. The minimum absolute atomic E-state index is 0.0220. The molecule has 0 aromatic rings. The molecule has 0 aliphatic rings. The van der Waals surface area contributed by atoms with Gasteiger partial charge in [0.1, 0.15) is 6.61 Å². The lowest BCUT2D eigenvalue weighted by molar-refractivity contribution is 0.0176. The van der Waals surface area contributed by atoms with Crippen LogP contribution in [0, 0.1) is 0 Å². The van der Waals surface area contributed by atoms with Crippen LogP contribution in [0.25, 0.3) is 0 Å². The van der Waals surface area contributed by atoms with E-state index in [0.717, 1.165) is 0 Å². The predicted octanol–water partition coefficient (Wildman–Crippen LogP) is 1.66. The fourth-order valence-electron chi connectivity index (χ4n) is 0.671. The molecular weight excluding hydrogens is 164 g/mol.